The summed E-state index contributed by atoms with van der Waals surface area (Å²) in [7, 11) is 0. The highest BCUT2D eigenvalue weighted by Crippen LogP contribution is 2.31. The standard InChI is InChI=1S/C15H15F3INO/c1-2-9-7-10(16)3-4-11(9)13-6-5-12(19)15(21)20(13)8-14(17)18/h3-4,6-7,12,14H,2,5,8H2,1H3. The second kappa shape index (κ2) is 6.81. The maximum Gasteiger partial charge on any atom is 0.256 e. The predicted molar refractivity (Wildman–Crippen MR) is 83.9 cm³/mol. The number of amides is 1. The molecule has 1 atom stereocenters. The van der Waals surface area contributed by atoms with Crippen molar-refractivity contribution in [2.45, 2.75) is 30.1 Å². The zero-order valence-corrected chi connectivity index (χ0v) is 13.6. The summed E-state index contributed by atoms with van der Waals surface area (Å²) in [5, 5.41) is 0. The van der Waals surface area contributed by atoms with Crippen LogP contribution in [0.15, 0.2) is 24.3 Å². The minimum absolute atomic E-state index is 0.320. The number of benzene rings is 1. The molecule has 114 valence electrons. The molecule has 2 rings (SSSR count). The number of carbonyl (C=O) groups excluding carboxylic acids is 1. The number of hydrogen-bond acceptors (Lipinski definition) is 1. The lowest BCUT2D eigenvalue weighted by Crippen LogP contribution is -2.41. The van der Waals surface area contributed by atoms with Crippen molar-refractivity contribution in [2.24, 2.45) is 0 Å². The van der Waals surface area contributed by atoms with Gasteiger partial charge < -0.3 is 4.90 Å². The van der Waals surface area contributed by atoms with Crippen molar-refractivity contribution in [1.82, 2.24) is 4.90 Å². The van der Waals surface area contributed by atoms with Crippen molar-refractivity contribution in [3.05, 3.63) is 41.2 Å². The molecule has 1 unspecified atom stereocenters. The van der Waals surface area contributed by atoms with E-state index in [1.807, 2.05) is 29.5 Å². The van der Waals surface area contributed by atoms with Crippen LogP contribution in [0.2, 0.25) is 0 Å². The van der Waals surface area contributed by atoms with Crippen molar-refractivity contribution in [3.63, 3.8) is 0 Å². The van der Waals surface area contributed by atoms with Gasteiger partial charge in [-0.3, -0.25) is 4.79 Å². The average molecular weight is 409 g/mol. The first-order valence-electron chi connectivity index (χ1n) is 6.66. The summed E-state index contributed by atoms with van der Waals surface area (Å²) in [5.74, 6) is -0.690. The molecule has 21 heavy (non-hydrogen) atoms. The number of nitrogens with zero attached hydrogens (tertiary/aromatic N) is 1. The largest absolute Gasteiger partial charge is 0.305 e. The Labute approximate surface area is 135 Å². The van der Waals surface area contributed by atoms with E-state index in [0.717, 1.165) is 4.90 Å². The first-order valence-corrected chi connectivity index (χ1v) is 7.91. The molecule has 0 aromatic heterocycles. The van der Waals surface area contributed by atoms with Crippen LogP contribution in [0.4, 0.5) is 13.2 Å². The molecule has 0 saturated carbocycles. The highest BCUT2D eigenvalue weighted by Gasteiger charge is 2.31. The molecule has 0 bridgehead atoms. The van der Waals surface area contributed by atoms with Gasteiger partial charge in [0.25, 0.3) is 6.43 Å². The Kier molecular flexibility index (Phi) is 5.29. The number of aryl methyl sites for hydroxylation is 1. The number of allylic oxidation sites excluding steroid dienone is 1. The van der Waals surface area contributed by atoms with E-state index >= 15 is 0 Å². The van der Waals surface area contributed by atoms with E-state index < -0.39 is 13.0 Å². The summed E-state index contributed by atoms with van der Waals surface area (Å²) in [6.07, 6.45) is 0.237. The Bertz CT molecular complexity index is 574. The summed E-state index contributed by atoms with van der Waals surface area (Å²) in [6.45, 7) is 1.23. The third-order valence-electron chi connectivity index (χ3n) is 3.39. The highest BCUT2D eigenvalue weighted by atomic mass is 127. The zero-order valence-electron chi connectivity index (χ0n) is 11.5. The zero-order chi connectivity index (χ0) is 15.6. The molecule has 6 heteroatoms. The van der Waals surface area contributed by atoms with Crippen LogP contribution in [0.3, 0.4) is 0 Å². The summed E-state index contributed by atoms with van der Waals surface area (Å²) in [6, 6.07) is 4.23. The Morgan fingerprint density at radius 1 is 1.43 bits per heavy atom. The summed E-state index contributed by atoms with van der Waals surface area (Å²) in [4.78, 5) is 13.3. The minimum Gasteiger partial charge on any atom is -0.305 e. The van der Waals surface area contributed by atoms with Gasteiger partial charge in [-0.1, -0.05) is 35.6 Å². The van der Waals surface area contributed by atoms with Crippen LogP contribution < -0.4 is 0 Å². The lowest BCUT2D eigenvalue weighted by atomic mass is 9.98. The van der Waals surface area contributed by atoms with Crippen LogP contribution >= 0.6 is 22.6 Å². The molecule has 1 amide bonds. The van der Waals surface area contributed by atoms with Crippen molar-refractivity contribution in [1.29, 1.82) is 0 Å². The Hall–Kier alpha value is -1.05. The molecule has 1 aromatic carbocycles. The van der Waals surface area contributed by atoms with Crippen LogP contribution in [-0.2, 0) is 11.2 Å². The number of rotatable bonds is 4. The average Bonchev–Trinajstić information content (AvgIpc) is 2.44. The van der Waals surface area contributed by atoms with Crippen molar-refractivity contribution in [2.75, 3.05) is 6.54 Å². The molecule has 0 radical (unpaired) electrons. The van der Waals surface area contributed by atoms with E-state index in [1.54, 1.807) is 12.1 Å². The number of carbonyl (C=O) groups is 1. The molecule has 1 aliphatic rings. The fraction of sp³-hybridized carbons (Fsp3) is 0.400. The van der Waals surface area contributed by atoms with E-state index in [4.69, 9.17) is 0 Å². The molecule has 0 aliphatic carbocycles. The lowest BCUT2D eigenvalue weighted by molar-refractivity contribution is -0.128. The molecule has 0 fully saturated rings. The van der Waals surface area contributed by atoms with Gasteiger partial charge in [0.05, 0.1) is 10.5 Å². The van der Waals surface area contributed by atoms with Crippen LogP contribution in [0, 0.1) is 5.82 Å². The Morgan fingerprint density at radius 2 is 2.14 bits per heavy atom. The Balaban J connectivity index is 2.46. The maximum absolute atomic E-state index is 13.3. The van der Waals surface area contributed by atoms with Crippen LogP contribution in [0.5, 0.6) is 0 Å². The number of hydrogen-bond donors (Lipinski definition) is 0. The SMILES string of the molecule is CCc1cc(F)ccc1C1=CCC(I)C(=O)N1CC(F)F. The monoisotopic (exact) mass is 409 g/mol. The quantitative estimate of drug-likeness (QED) is 0.544. The third-order valence-corrected chi connectivity index (χ3v) is 4.43. The fourth-order valence-corrected chi connectivity index (χ4v) is 2.99. The fourth-order valence-electron chi connectivity index (χ4n) is 2.40. The first kappa shape index (κ1) is 16.3. The van der Waals surface area contributed by atoms with E-state index in [1.165, 1.54) is 12.1 Å². The van der Waals surface area contributed by atoms with Crippen LogP contribution in [-0.4, -0.2) is 27.7 Å². The number of halogens is 4. The summed E-state index contributed by atoms with van der Waals surface area (Å²) in [5.41, 5.74) is 1.82. The topological polar surface area (TPSA) is 20.3 Å². The van der Waals surface area contributed by atoms with Gasteiger partial charge in [-0.25, -0.2) is 13.2 Å². The highest BCUT2D eigenvalue weighted by molar-refractivity contribution is 14.1. The Morgan fingerprint density at radius 3 is 2.76 bits per heavy atom. The van der Waals surface area contributed by atoms with E-state index in [9.17, 15) is 18.0 Å². The molecule has 0 saturated heterocycles. The van der Waals surface area contributed by atoms with Crippen LogP contribution in [0.1, 0.15) is 24.5 Å². The van der Waals surface area contributed by atoms with Gasteiger partial charge in [0.15, 0.2) is 0 Å². The van der Waals surface area contributed by atoms with Crippen molar-refractivity contribution in [3.8, 4) is 0 Å². The van der Waals surface area contributed by atoms with Gasteiger partial charge in [0.2, 0.25) is 5.91 Å². The van der Waals surface area contributed by atoms with Gasteiger partial charge in [-0.05, 0) is 36.6 Å². The molecule has 2 nitrogen and oxygen atoms in total. The molecular formula is C15H15F3INO. The van der Waals surface area contributed by atoms with E-state index in [-0.39, 0.29) is 15.6 Å². The number of alkyl halides is 3. The van der Waals surface area contributed by atoms with Crippen molar-refractivity contribution < 1.29 is 18.0 Å². The second-order valence-electron chi connectivity index (χ2n) is 4.79. The predicted octanol–water partition coefficient (Wildman–Crippen LogP) is 4.03. The molecule has 0 spiro atoms. The molecule has 0 N–H and O–H groups in total. The maximum atomic E-state index is 13.3. The van der Waals surface area contributed by atoms with Gasteiger partial charge in [-0.15, -0.1) is 0 Å². The molecular weight excluding hydrogens is 394 g/mol. The normalized spacial score (nSPS) is 19.1. The van der Waals surface area contributed by atoms with Gasteiger partial charge in [-0.2, -0.15) is 0 Å². The van der Waals surface area contributed by atoms with Crippen molar-refractivity contribution >= 4 is 34.2 Å². The lowest BCUT2D eigenvalue weighted by Gasteiger charge is -2.32. The van der Waals surface area contributed by atoms with Gasteiger partial charge in [0, 0.05) is 11.3 Å². The van der Waals surface area contributed by atoms with Crippen LogP contribution in [0.25, 0.3) is 5.70 Å². The molecule has 1 heterocycles. The summed E-state index contributed by atoms with van der Waals surface area (Å²) >= 11 is 1.96. The van der Waals surface area contributed by atoms with Gasteiger partial charge in [0.1, 0.15) is 5.82 Å². The van der Waals surface area contributed by atoms with E-state index in [0.29, 0.717) is 29.7 Å². The molecule has 1 aromatic rings. The smallest absolute Gasteiger partial charge is 0.256 e. The third kappa shape index (κ3) is 3.59. The van der Waals surface area contributed by atoms with E-state index in [2.05, 4.69) is 0 Å². The second-order valence-corrected chi connectivity index (χ2v) is 6.29. The first-order chi connectivity index (χ1) is 9.93. The summed E-state index contributed by atoms with van der Waals surface area (Å²) < 4.78 is 38.5. The molecule has 1 aliphatic heterocycles. The van der Waals surface area contributed by atoms with Gasteiger partial charge >= 0.3 is 0 Å². The minimum atomic E-state index is -2.61.